The maximum absolute atomic E-state index is 13.1. The first-order valence-corrected chi connectivity index (χ1v) is 6.99. The summed E-state index contributed by atoms with van der Waals surface area (Å²) in [6, 6.07) is 3.54. The van der Waals surface area contributed by atoms with Crippen LogP contribution in [-0.4, -0.2) is 36.2 Å². The molecular weight excluding hydrogens is 332 g/mol. The molecule has 2 N–H and O–H groups in total. The smallest absolute Gasteiger partial charge is 0.444 e. The minimum atomic E-state index is -4.66. The van der Waals surface area contributed by atoms with Gasteiger partial charge in [-0.2, -0.15) is 17.6 Å². The highest BCUT2D eigenvalue weighted by atomic mass is 19.3. The van der Waals surface area contributed by atoms with Gasteiger partial charge < -0.3 is 20.1 Å². The summed E-state index contributed by atoms with van der Waals surface area (Å²) >= 11 is 0. The number of hydrogen-bond acceptors (Lipinski definition) is 4. The predicted octanol–water partition coefficient (Wildman–Crippen LogP) is 3.87. The predicted molar refractivity (Wildman–Crippen MR) is 80.1 cm³/mol. The Morgan fingerprint density at radius 2 is 1.88 bits per heavy atom. The van der Waals surface area contributed by atoms with Gasteiger partial charge >= 0.3 is 18.6 Å². The third-order valence-electron chi connectivity index (χ3n) is 2.70. The molecule has 1 aromatic carbocycles. The topological polar surface area (TPSA) is 64.8 Å². The van der Waals surface area contributed by atoms with Crippen LogP contribution in [0.15, 0.2) is 18.2 Å². The number of nitrogens with two attached hydrogens (primary N) is 1. The van der Waals surface area contributed by atoms with E-state index in [1.807, 2.05) is 0 Å². The first-order chi connectivity index (χ1) is 10.8. The van der Waals surface area contributed by atoms with E-state index < -0.39 is 30.0 Å². The average Bonchev–Trinajstić information content (AvgIpc) is 2.39. The quantitative estimate of drug-likeness (QED) is 0.645. The van der Waals surface area contributed by atoms with Crippen molar-refractivity contribution in [2.75, 3.05) is 12.8 Å². The monoisotopic (exact) mass is 352 g/mol. The highest BCUT2D eigenvalue weighted by Gasteiger charge is 2.44. The number of halogens is 4. The standard InChI is InChI=1S/C15H20F4N2O3/c1-14(2,3)24-13(22)21(4)8-9-7-10(20)5-6-11(9)23-15(18,19)12(16)17/h5-7,12H,8,20H2,1-4H3. The number of alkyl halides is 4. The van der Waals surface area contributed by atoms with Gasteiger partial charge in [-0.05, 0) is 39.0 Å². The fourth-order valence-electron chi connectivity index (χ4n) is 1.67. The fraction of sp³-hybridized carbons (Fsp3) is 0.533. The number of amides is 1. The van der Waals surface area contributed by atoms with Gasteiger partial charge in [0.05, 0.1) is 6.54 Å². The Kier molecular flexibility index (Phi) is 5.91. The number of anilines is 1. The summed E-state index contributed by atoms with van der Waals surface area (Å²) < 4.78 is 60.1. The number of nitrogen functional groups attached to an aromatic ring is 1. The lowest BCUT2D eigenvalue weighted by Gasteiger charge is -2.26. The van der Waals surface area contributed by atoms with Gasteiger partial charge in [0.1, 0.15) is 11.4 Å². The molecule has 0 unspecified atom stereocenters. The van der Waals surface area contributed by atoms with Crippen molar-refractivity contribution in [3.05, 3.63) is 23.8 Å². The molecule has 0 saturated heterocycles. The van der Waals surface area contributed by atoms with Crippen molar-refractivity contribution in [2.45, 2.75) is 45.5 Å². The molecule has 0 saturated carbocycles. The van der Waals surface area contributed by atoms with Crippen LogP contribution >= 0.6 is 0 Å². The van der Waals surface area contributed by atoms with Crippen LogP contribution in [-0.2, 0) is 11.3 Å². The van der Waals surface area contributed by atoms with Crippen molar-refractivity contribution in [3.8, 4) is 5.75 Å². The molecule has 0 aliphatic rings. The summed E-state index contributed by atoms with van der Waals surface area (Å²) in [5.74, 6) is -0.495. The Morgan fingerprint density at radius 1 is 1.29 bits per heavy atom. The Hall–Kier alpha value is -2.19. The van der Waals surface area contributed by atoms with Crippen LogP contribution in [0.2, 0.25) is 0 Å². The zero-order chi connectivity index (χ0) is 18.7. The van der Waals surface area contributed by atoms with Gasteiger partial charge in [0.2, 0.25) is 0 Å². The number of carbonyl (C=O) groups is 1. The third-order valence-corrected chi connectivity index (χ3v) is 2.70. The zero-order valence-corrected chi connectivity index (χ0v) is 13.8. The van der Waals surface area contributed by atoms with Gasteiger partial charge in [0.25, 0.3) is 0 Å². The van der Waals surface area contributed by atoms with Crippen LogP contribution < -0.4 is 10.5 Å². The van der Waals surface area contributed by atoms with Crippen LogP contribution in [0.1, 0.15) is 26.3 Å². The van der Waals surface area contributed by atoms with Gasteiger partial charge in [-0.25, -0.2) is 4.79 Å². The average molecular weight is 352 g/mol. The summed E-state index contributed by atoms with van der Waals surface area (Å²) in [6.45, 7) is 4.78. The van der Waals surface area contributed by atoms with Gasteiger partial charge in [-0.1, -0.05) is 0 Å². The molecule has 0 aliphatic heterocycles. The lowest BCUT2D eigenvalue weighted by molar-refractivity contribution is -0.253. The molecule has 1 aromatic rings. The van der Waals surface area contributed by atoms with Crippen LogP contribution in [0.25, 0.3) is 0 Å². The summed E-state index contributed by atoms with van der Waals surface area (Å²) in [5.41, 5.74) is 5.08. The zero-order valence-electron chi connectivity index (χ0n) is 13.8. The van der Waals surface area contributed by atoms with Crippen molar-refractivity contribution in [1.82, 2.24) is 4.90 Å². The number of ether oxygens (including phenoxy) is 2. The van der Waals surface area contributed by atoms with Crippen LogP contribution in [0.3, 0.4) is 0 Å². The van der Waals surface area contributed by atoms with Gasteiger partial charge in [0, 0.05) is 18.3 Å². The normalized spacial score (nSPS) is 12.2. The number of benzene rings is 1. The van der Waals surface area contributed by atoms with E-state index in [9.17, 15) is 22.4 Å². The molecule has 136 valence electrons. The third kappa shape index (κ3) is 5.78. The minimum absolute atomic E-state index is 0.0451. The van der Waals surface area contributed by atoms with Gasteiger partial charge in [0.15, 0.2) is 0 Å². The Balaban J connectivity index is 2.98. The molecule has 0 heterocycles. The highest BCUT2D eigenvalue weighted by molar-refractivity contribution is 5.68. The van der Waals surface area contributed by atoms with Crippen molar-refractivity contribution in [1.29, 1.82) is 0 Å². The lowest BCUT2D eigenvalue weighted by atomic mass is 10.1. The molecule has 24 heavy (non-hydrogen) atoms. The van der Waals surface area contributed by atoms with E-state index in [-0.39, 0.29) is 17.8 Å². The second-order valence-electron chi connectivity index (χ2n) is 6.17. The van der Waals surface area contributed by atoms with Crippen molar-refractivity contribution in [2.24, 2.45) is 0 Å². The van der Waals surface area contributed by atoms with Crippen LogP contribution in [0, 0.1) is 0 Å². The molecule has 9 heteroatoms. The van der Waals surface area contributed by atoms with E-state index in [4.69, 9.17) is 10.5 Å². The second kappa shape index (κ2) is 7.14. The molecule has 0 aromatic heterocycles. The SMILES string of the molecule is CN(Cc1cc(N)ccc1OC(F)(F)C(F)F)C(=O)OC(C)(C)C. The first kappa shape index (κ1) is 19.9. The highest BCUT2D eigenvalue weighted by Crippen LogP contribution is 2.31. The summed E-state index contributed by atoms with van der Waals surface area (Å²) in [7, 11) is 1.37. The van der Waals surface area contributed by atoms with Crippen LogP contribution in [0.4, 0.5) is 28.0 Å². The molecule has 1 amide bonds. The van der Waals surface area contributed by atoms with Gasteiger partial charge in [-0.3, -0.25) is 0 Å². The molecule has 0 spiro atoms. The van der Waals surface area contributed by atoms with Crippen molar-refractivity contribution >= 4 is 11.8 Å². The Morgan fingerprint density at radius 3 is 2.38 bits per heavy atom. The molecular formula is C15H20F4N2O3. The van der Waals surface area contributed by atoms with Crippen molar-refractivity contribution in [3.63, 3.8) is 0 Å². The summed E-state index contributed by atoms with van der Waals surface area (Å²) in [4.78, 5) is 13.0. The molecule has 0 bridgehead atoms. The maximum Gasteiger partial charge on any atom is 0.461 e. The lowest BCUT2D eigenvalue weighted by Crippen LogP contribution is -2.35. The molecule has 0 atom stereocenters. The minimum Gasteiger partial charge on any atom is -0.444 e. The van der Waals surface area contributed by atoms with E-state index in [1.54, 1.807) is 20.8 Å². The largest absolute Gasteiger partial charge is 0.461 e. The second-order valence-corrected chi connectivity index (χ2v) is 6.17. The van der Waals surface area contributed by atoms with E-state index in [1.165, 1.54) is 19.2 Å². The van der Waals surface area contributed by atoms with E-state index >= 15 is 0 Å². The fourth-order valence-corrected chi connectivity index (χ4v) is 1.67. The summed E-state index contributed by atoms with van der Waals surface area (Å²) in [5, 5.41) is 0. The first-order valence-electron chi connectivity index (χ1n) is 6.99. The molecule has 0 fully saturated rings. The van der Waals surface area contributed by atoms with Crippen LogP contribution in [0.5, 0.6) is 5.75 Å². The molecule has 0 aliphatic carbocycles. The maximum atomic E-state index is 13.1. The van der Waals surface area contributed by atoms with Crippen molar-refractivity contribution < 1.29 is 31.8 Å². The van der Waals surface area contributed by atoms with Gasteiger partial charge in [-0.15, -0.1) is 0 Å². The van der Waals surface area contributed by atoms with E-state index in [2.05, 4.69) is 4.74 Å². The number of rotatable bonds is 5. The number of hydrogen-bond donors (Lipinski definition) is 1. The number of carbonyl (C=O) groups excluding carboxylic acids is 1. The van der Waals surface area contributed by atoms with E-state index in [0.717, 1.165) is 11.0 Å². The Labute approximate surface area is 137 Å². The molecule has 5 nitrogen and oxygen atoms in total. The van der Waals surface area contributed by atoms with E-state index in [0.29, 0.717) is 0 Å². The summed E-state index contributed by atoms with van der Waals surface area (Å²) in [6.07, 6.45) is -9.36. The molecule has 1 rings (SSSR count). The Bertz CT molecular complexity index is 589. The number of nitrogens with zero attached hydrogens (tertiary/aromatic N) is 1. The molecule has 0 radical (unpaired) electrons.